The highest BCUT2D eigenvalue weighted by atomic mass is 32.1. The van der Waals surface area contributed by atoms with Gasteiger partial charge in [-0.25, -0.2) is 9.97 Å². The van der Waals surface area contributed by atoms with Crippen LogP contribution in [-0.2, 0) is 0 Å². The first kappa shape index (κ1) is 20.5. The van der Waals surface area contributed by atoms with E-state index in [1.165, 1.54) is 22.5 Å². The van der Waals surface area contributed by atoms with E-state index >= 15 is 0 Å². The quantitative estimate of drug-likeness (QED) is 0.602. The van der Waals surface area contributed by atoms with Crippen molar-refractivity contribution >= 4 is 23.1 Å². The number of carbonyl (C=O) groups is 1. The van der Waals surface area contributed by atoms with Crippen LogP contribution in [0.1, 0.15) is 46.3 Å². The van der Waals surface area contributed by atoms with Gasteiger partial charge in [-0.1, -0.05) is 49.7 Å². The van der Waals surface area contributed by atoms with Crippen LogP contribution in [0.3, 0.4) is 0 Å². The summed E-state index contributed by atoms with van der Waals surface area (Å²) in [7, 11) is 0. The van der Waals surface area contributed by atoms with E-state index in [1.807, 2.05) is 22.4 Å². The van der Waals surface area contributed by atoms with Crippen molar-refractivity contribution in [2.45, 2.75) is 33.6 Å². The van der Waals surface area contributed by atoms with Crippen LogP contribution in [0.4, 0.5) is 5.82 Å². The Morgan fingerprint density at radius 3 is 2.30 bits per heavy atom. The van der Waals surface area contributed by atoms with Gasteiger partial charge in [0.05, 0.1) is 4.88 Å². The highest BCUT2D eigenvalue weighted by Gasteiger charge is 2.27. The number of hydrogen-bond acceptors (Lipinski definition) is 5. The zero-order valence-corrected chi connectivity index (χ0v) is 18.9. The van der Waals surface area contributed by atoms with Gasteiger partial charge in [-0.15, -0.1) is 11.3 Å². The number of thiophene rings is 1. The Morgan fingerprint density at radius 2 is 1.70 bits per heavy atom. The molecule has 0 atom stereocenters. The fraction of sp³-hybridized carbons (Fsp3) is 0.375. The first-order valence-corrected chi connectivity index (χ1v) is 11.4. The molecule has 0 bridgehead atoms. The molecule has 6 heteroatoms. The Morgan fingerprint density at radius 1 is 1.00 bits per heavy atom. The molecule has 0 saturated carbocycles. The first-order chi connectivity index (χ1) is 14.4. The molecule has 0 N–H and O–H groups in total. The molecule has 1 aliphatic heterocycles. The van der Waals surface area contributed by atoms with E-state index in [4.69, 9.17) is 9.97 Å². The maximum absolute atomic E-state index is 12.7. The minimum Gasteiger partial charge on any atom is -0.353 e. The molecule has 1 saturated heterocycles. The second-order valence-electron chi connectivity index (χ2n) is 8.15. The molecule has 156 valence electrons. The van der Waals surface area contributed by atoms with Crippen molar-refractivity contribution in [2.24, 2.45) is 0 Å². The number of aromatic nitrogens is 2. The summed E-state index contributed by atoms with van der Waals surface area (Å²) in [6.07, 6.45) is 0. The number of anilines is 1. The van der Waals surface area contributed by atoms with E-state index in [1.54, 1.807) is 0 Å². The average Bonchev–Trinajstić information content (AvgIpc) is 3.28. The van der Waals surface area contributed by atoms with Gasteiger partial charge in [0.25, 0.3) is 5.91 Å². The van der Waals surface area contributed by atoms with Gasteiger partial charge in [0.15, 0.2) is 5.82 Å². The minimum atomic E-state index is 0.132. The van der Waals surface area contributed by atoms with Crippen LogP contribution in [0.5, 0.6) is 0 Å². The number of amides is 1. The lowest BCUT2D eigenvalue weighted by atomic mass is 10.0. The molecule has 3 aromatic rings. The lowest BCUT2D eigenvalue weighted by molar-refractivity contribution is 0.0751. The van der Waals surface area contributed by atoms with E-state index in [-0.39, 0.29) is 5.91 Å². The van der Waals surface area contributed by atoms with Gasteiger partial charge in [-0.3, -0.25) is 4.79 Å². The monoisotopic (exact) mass is 420 g/mol. The molecule has 1 amide bonds. The van der Waals surface area contributed by atoms with E-state index in [2.05, 4.69) is 56.9 Å². The first-order valence-electron chi connectivity index (χ1n) is 10.5. The summed E-state index contributed by atoms with van der Waals surface area (Å²) in [6, 6.07) is 12.2. The van der Waals surface area contributed by atoms with E-state index in [9.17, 15) is 4.79 Å². The van der Waals surface area contributed by atoms with Crippen molar-refractivity contribution in [1.82, 2.24) is 14.9 Å². The number of benzene rings is 1. The molecular formula is C24H28N4OS. The van der Waals surface area contributed by atoms with Crippen LogP contribution >= 0.6 is 11.3 Å². The third-order valence-corrected chi connectivity index (χ3v) is 6.46. The van der Waals surface area contributed by atoms with Gasteiger partial charge in [-0.05, 0) is 31.2 Å². The molecule has 1 aliphatic rings. The summed E-state index contributed by atoms with van der Waals surface area (Å²) in [5.74, 6) is 2.24. The summed E-state index contributed by atoms with van der Waals surface area (Å²) in [4.78, 5) is 27.6. The molecule has 0 spiro atoms. The Hall–Kier alpha value is -2.73. The van der Waals surface area contributed by atoms with Crippen LogP contribution in [0.25, 0.3) is 11.4 Å². The van der Waals surface area contributed by atoms with Crippen molar-refractivity contribution in [1.29, 1.82) is 0 Å². The van der Waals surface area contributed by atoms with Crippen LogP contribution in [-0.4, -0.2) is 47.0 Å². The van der Waals surface area contributed by atoms with Crippen molar-refractivity contribution < 1.29 is 4.79 Å². The highest BCUT2D eigenvalue weighted by Crippen LogP contribution is 2.31. The maximum Gasteiger partial charge on any atom is 0.264 e. The van der Waals surface area contributed by atoms with E-state index in [0.29, 0.717) is 19.0 Å². The molecule has 2 aromatic heterocycles. The molecule has 3 heterocycles. The third-order valence-electron chi connectivity index (χ3n) is 5.60. The molecule has 5 nitrogen and oxygen atoms in total. The van der Waals surface area contributed by atoms with Crippen molar-refractivity contribution in [2.75, 3.05) is 31.1 Å². The third kappa shape index (κ3) is 4.10. The van der Waals surface area contributed by atoms with Crippen LogP contribution in [0, 0.1) is 13.8 Å². The van der Waals surface area contributed by atoms with Crippen molar-refractivity contribution in [3.63, 3.8) is 0 Å². The summed E-state index contributed by atoms with van der Waals surface area (Å²) >= 11 is 1.51. The Bertz CT molecular complexity index is 1020. The van der Waals surface area contributed by atoms with E-state index < -0.39 is 0 Å². The standard InChI is InChI=1S/C24H28N4OS/c1-16(2)21-18(4)25-22(19-9-7-17(3)8-10-19)26-23(21)27-11-13-28(14-12-27)24(29)20-6-5-15-30-20/h5-10,15-16H,11-14H2,1-4H3. The summed E-state index contributed by atoms with van der Waals surface area (Å²) in [5, 5.41) is 1.95. The Kier molecular flexibility index (Phi) is 5.86. The lowest BCUT2D eigenvalue weighted by Gasteiger charge is -2.36. The van der Waals surface area contributed by atoms with E-state index in [0.717, 1.165) is 40.9 Å². The number of hydrogen-bond donors (Lipinski definition) is 0. The summed E-state index contributed by atoms with van der Waals surface area (Å²) < 4.78 is 0. The predicted octanol–water partition coefficient (Wildman–Crippen LogP) is 4.91. The largest absolute Gasteiger partial charge is 0.353 e. The molecule has 4 rings (SSSR count). The molecule has 1 fully saturated rings. The maximum atomic E-state index is 12.7. The second kappa shape index (κ2) is 8.56. The Labute approximate surface area is 182 Å². The second-order valence-corrected chi connectivity index (χ2v) is 9.09. The number of carbonyl (C=O) groups excluding carboxylic acids is 1. The lowest BCUT2D eigenvalue weighted by Crippen LogP contribution is -2.49. The smallest absolute Gasteiger partial charge is 0.264 e. The van der Waals surface area contributed by atoms with Crippen molar-refractivity contribution in [3.05, 3.63) is 63.5 Å². The predicted molar refractivity (Wildman–Crippen MR) is 123 cm³/mol. The molecule has 0 unspecified atom stereocenters. The van der Waals surface area contributed by atoms with Crippen LogP contribution in [0.2, 0.25) is 0 Å². The molecule has 0 aliphatic carbocycles. The number of piperazine rings is 1. The van der Waals surface area contributed by atoms with Gasteiger partial charge in [0.2, 0.25) is 0 Å². The van der Waals surface area contributed by atoms with Gasteiger partial charge in [0.1, 0.15) is 5.82 Å². The minimum absolute atomic E-state index is 0.132. The number of aryl methyl sites for hydroxylation is 2. The normalized spacial score (nSPS) is 14.4. The summed E-state index contributed by atoms with van der Waals surface area (Å²) in [5.41, 5.74) is 4.49. The zero-order chi connectivity index (χ0) is 21.3. The SMILES string of the molecule is Cc1ccc(-c2nc(C)c(C(C)C)c(N3CCN(C(=O)c4cccs4)CC3)n2)cc1. The summed E-state index contributed by atoms with van der Waals surface area (Å²) in [6.45, 7) is 11.5. The van der Waals surface area contributed by atoms with Crippen LogP contribution in [0.15, 0.2) is 41.8 Å². The van der Waals surface area contributed by atoms with Gasteiger partial charge < -0.3 is 9.80 Å². The molecule has 0 radical (unpaired) electrons. The molecular weight excluding hydrogens is 392 g/mol. The van der Waals surface area contributed by atoms with Gasteiger partial charge in [0, 0.05) is 43.0 Å². The van der Waals surface area contributed by atoms with Crippen molar-refractivity contribution in [3.8, 4) is 11.4 Å². The fourth-order valence-corrected chi connectivity index (χ4v) is 4.68. The molecule has 1 aromatic carbocycles. The molecule has 30 heavy (non-hydrogen) atoms. The number of rotatable bonds is 4. The number of nitrogens with zero attached hydrogens (tertiary/aromatic N) is 4. The topological polar surface area (TPSA) is 49.3 Å². The van der Waals surface area contributed by atoms with Gasteiger partial charge in [-0.2, -0.15) is 0 Å². The van der Waals surface area contributed by atoms with Gasteiger partial charge >= 0.3 is 0 Å². The highest BCUT2D eigenvalue weighted by molar-refractivity contribution is 7.12. The van der Waals surface area contributed by atoms with Crippen LogP contribution < -0.4 is 4.90 Å². The zero-order valence-electron chi connectivity index (χ0n) is 18.1. The average molecular weight is 421 g/mol. The fourth-order valence-electron chi connectivity index (χ4n) is 3.99. The Balaban J connectivity index is 1.61.